The van der Waals surface area contributed by atoms with E-state index in [0.717, 1.165) is 54.2 Å². The van der Waals surface area contributed by atoms with Crippen LogP contribution in [0.2, 0.25) is 5.15 Å². The van der Waals surface area contributed by atoms with E-state index in [4.69, 9.17) is 11.6 Å². The predicted octanol–water partition coefficient (Wildman–Crippen LogP) is 3.03. The second-order valence-corrected chi connectivity index (χ2v) is 6.31. The number of halogens is 1. The van der Waals surface area contributed by atoms with Crippen LogP contribution >= 0.6 is 11.6 Å². The van der Waals surface area contributed by atoms with Crippen molar-refractivity contribution in [2.24, 2.45) is 0 Å². The van der Waals surface area contributed by atoms with Crippen molar-refractivity contribution in [3.05, 3.63) is 41.8 Å². The number of piperazine rings is 1. The highest BCUT2D eigenvalue weighted by atomic mass is 35.5. The van der Waals surface area contributed by atoms with Crippen molar-refractivity contribution in [2.75, 3.05) is 38.1 Å². The van der Waals surface area contributed by atoms with Crippen molar-refractivity contribution >= 4 is 28.5 Å². The van der Waals surface area contributed by atoms with E-state index < -0.39 is 0 Å². The quantitative estimate of drug-likeness (QED) is 0.735. The molecule has 0 atom stereocenters. The van der Waals surface area contributed by atoms with Gasteiger partial charge in [-0.2, -0.15) is 0 Å². The summed E-state index contributed by atoms with van der Waals surface area (Å²) >= 11 is 5.96. The van der Waals surface area contributed by atoms with E-state index in [2.05, 4.69) is 37.9 Å². The first-order valence-corrected chi connectivity index (χ1v) is 8.12. The topological polar surface area (TPSA) is 48.0 Å². The third kappa shape index (κ3) is 2.78. The Kier molecular flexibility index (Phi) is 3.67. The minimum Gasteiger partial charge on any atom is -0.354 e. The maximum absolute atomic E-state index is 5.96. The summed E-state index contributed by atoms with van der Waals surface area (Å²) in [5.41, 5.74) is 3.08. The third-order valence-electron chi connectivity index (χ3n) is 4.39. The first-order chi connectivity index (χ1) is 11.2. The molecule has 0 spiro atoms. The Hall–Kier alpha value is -2.11. The minimum atomic E-state index is 0.499. The summed E-state index contributed by atoms with van der Waals surface area (Å²) < 4.78 is 0. The molecule has 1 N–H and O–H groups in total. The molecule has 0 bridgehead atoms. The van der Waals surface area contributed by atoms with Crippen LogP contribution in [0.4, 0.5) is 5.82 Å². The van der Waals surface area contributed by atoms with E-state index >= 15 is 0 Å². The van der Waals surface area contributed by atoms with Crippen LogP contribution in [0.5, 0.6) is 0 Å². The summed E-state index contributed by atoms with van der Waals surface area (Å²) in [5.74, 6) is 1.03. The van der Waals surface area contributed by atoms with Crippen LogP contribution in [0.1, 0.15) is 0 Å². The number of H-pyrrole nitrogens is 1. The highest BCUT2D eigenvalue weighted by Gasteiger charge is 2.16. The standard InChI is InChI=1S/C17H18ClN5/c1-22-6-8-23(9-7-22)16-10-12(4-5-19-16)14-11-20-17-13(14)2-3-15(18)21-17/h2-5,10-11H,6-9H2,1H3,(H,20,21). The largest absolute Gasteiger partial charge is 0.354 e. The lowest BCUT2D eigenvalue weighted by molar-refractivity contribution is 0.312. The van der Waals surface area contributed by atoms with Crippen molar-refractivity contribution in [2.45, 2.75) is 0 Å². The number of hydrogen-bond acceptors (Lipinski definition) is 4. The number of nitrogens with one attached hydrogen (secondary N) is 1. The van der Waals surface area contributed by atoms with E-state index in [9.17, 15) is 0 Å². The molecule has 0 unspecified atom stereocenters. The van der Waals surface area contributed by atoms with Gasteiger partial charge >= 0.3 is 0 Å². The van der Waals surface area contributed by atoms with Crippen molar-refractivity contribution in [1.29, 1.82) is 0 Å². The van der Waals surface area contributed by atoms with Gasteiger partial charge in [-0.25, -0.2) is 9.97 Å². The fourth-order valence-corrected chi connectivity index (χ4v) is 3.16. The molecule has 0 amide bonds. The maximum Gasteiger partial charge on any atom is 0.139 e. The Bertz CT molecular complexity index is 836. The van der Waals surface area contributed by atoms with Crippen LogP contribution in [-0.4, -0.2) is 53.1 Å². The molecule has 5 nitrogen and oxygen atoms in total. The minimum absolute atomic E-state index is 0.499. The fraction of sp³-hybridized carbons (Fsp3) is 0.294. The molecule has 0 aromatic carbocycles. The number of aromatic amines is 1. The molecule has 1 saturated heterocycles. The summed E-state index contributed by atoms with van der Waals surface area (Å²) in [6.45, 7) is 4.17. The number of nitrogens with zero attached hydrogens (tertiary/aromatic N) is 4. The Balaban J connectivity index is 1.70. The average molecular weight is 328 g/mol. The van der Waals surface area contributed by atoms with Gasteiger partial charge in [0.1, 0.15) is 16.6 Å². The van der Waals surface area contributed by atoms with Crippen LogP contribution < -0.4 is 4.90 Å². The van der Waals surface area contributed by atoms with Crippen molar-refractivity contribution in [3.63, 3.8) is 0 Å². The van der Waals surface area contributed by atoms with Gasteiger partial charge < -0.3 is 14.8 Å². The van der Waals surface area contributed by atoms with Crippen LogP contribution in [0, 0.1) is 0 Å². The summed E-state index contributed by atoms with van der Waals surface area (Å²) in [6.07, 6.45) is 3.86. The molecule has 3 aromatic rings. The number of fused-ring (bicyclic) bond motifs is 1. The first kappa shape index (κ1) is 14.5. The summed E-state index contributed by atoms with van der Waals surface area (Å²) in [6, 6.07) is 8.02. The van der Waals surface area contributed by atoms with Gasteiger partial charge in [0.05, 0.1) is 0 Å². The normalized spacial score (nSPS) is 16.2. The number of aromatic nitrogens is 3. The van der Waals surface area contributed by atoms with Crippen molar-refractivity contribution in [3.8, 4) is 11.1 Å². The van der Waals surface area contributed by atoms with Crippen molar-refractivity contribution < 1.29 is 0 Å². The fourth-order valence-electron chi connectivity index (χ4n) is 3.01. The monoisotopic (exact) mass is 327 g/mol. The second kappa shape index (κ2) is 5.83. The smallest absolute Gasteiger partial charge is 0.139 e. The Labute approximate surface area is 139 Å². The Morgan fingerprint density at radius 2 is 1.96 bits per heavy atom. The lowest BCUT2D eigenvalue weighted by atomic mass is 10.1. The van der Waals surface area contributed by atoms with Crippen LogP contribution in [0.3, 0.4) is 0 Å². The molecule has 4 heterocycles. The number of likely N-dealkylation sites (N-methyl/N-ethyl adjacent to an activating group) is 1. The van der Waals surface area contributed by atoms with Gasteiger partial charge in [-0.1, -0.05) is 11.6 Å². The zero-order valence-electron chi connectivity index (χ0n) is 13.0. The molecule has 1 aliphatic heterocycles. The lowest BCUT2D eigenvalue weighted by Crippen LogP contribution is -2.44. The van der Waals surface area contributed by atoms with Gasteiger partial charge in [-0.15, -0.1) is 0 Å². The molecule has 1 fully saturated rings. The number of pyridine rings is 2. The van der Waals surface area contributed by atoms with E-state index in [-0.39, 0.29) is 0 Å². The average Bonchev–Trinajstić information content (AvgIpc) is 2.98. The highest BCUT2D eigenvalue weighted by molar-refractivity contribution is 6.29. The third-order valence-corrected chi connectivity index (χ3v) is 4.60. The second-order valence-electron chi connectivity index (χ2n) is 5.93. The zero-order chi connectivity index (χ0) is 15.8. The van der Waals surface area contributed by atoms with E-state index in [1.165, 1.54) is 0 Å². The molecule has 23 heavy (non-hydrogen) atoms. The molecule has 0 saturated carbocycles. The summed E-state index contributed by atoms with van der Waals surface area (Å²) in [7, 11) is 2.16. The maximum atomic E-state index is 5.96. The van der Waals surface area contributed by atoms with Gasteiger partial charge in [0.2, 0.25) is 0 Å². The van der Waals surface area contributed by atoms with Gasteiger partial charge in [-0.05, 0) is 36.9 Å². The summed E-state index contributed by atoms with van der Waals surface area (Å²) in [5, 5.41) is 1.57. The predicted molar refractivity (Wildman–Crippen MR) is 94.0 cm³/mol. The number of anilines is 1. The molecule has 3 aromatic heterocycles. The lowest BCUT2D eigenvalue weighted by Gasteiger charge is -2.33. The molecule has 118 valence electrons. The Morgan fingerprint density at radius 3 is 2.78 bits per heavy atom. The van der Waals surface area contributed by atoms with Gasteiger partial charge in [0.15, 0.2) is 0 Å². The van der Waals surface area contributed by atoms with Gasteiger partial charge in [-0.3, -0.25) is 0 Å². The van der Waals surface area contributed by atoms with Crippen LogP contribution in [0.15, 0.2) is 36.7 Å². The Morgan fingerprint density at radius 1 is 1.13 bits per heavy atom. The molecule has 1 aliphatic rings. The first-order valence-electron chi connectivity index (χ1n) is 7.74. The zero-order valence-corrected chi connectivity index (χ0v) is 13.7. The van der Waals surface area contributed by atoms with Gasteiger partial charge in [0, 0.05) is 49.5 Å². The SMILES string of the molecule is CN1CCN(c2cc(-c3c[nH]c4nc(Cl)ccc34)ccn2)CC1. The number of rotatable bonds is 2. The van der Waals surface area contributed by atoms with Gasteiger partial charge in [0.25, 0.3) is 0 Å². The molecule has 6 heteroatoms. The molecule has 4 rings (SSSR count). The van der Waals surface area contributed by atoms with E-state index in [1.54, 1.807) is 0 Å². The molecular formula is C17H18ClN5. The van der Waals surface area contributed by atoms with Crippen LogP contribution in [-0.2, 0) is 0 Å². The number of hydrogen-bond donors (Lipinski definition) is 1. The van der Waals surface area contributed by atoms with Crippen molar-refractivity contribution in [1.82, 2.24) is 19.9 Å². The molecular weight excluding hydrogens is 310 g/mol. The molecule has 0 radical (unpaired) electrons. The van der Waals surface area contributed by atoms with Crippen LogP contribution in [0.25, 0.3) is 22.2 Å². The van der Waals surface area contributed by atoms with E-state index in [1.807, 2.05) is 30.6 Å². The molecule has 0 aliphatic carbocycles. The highest BCUT2D eigenvalue weighted by Crippen LogP contribution is 2.30. The van der Waals surface area contributed by atoms with E-state index in [0.29, 0.717) is 5.15 Å². The summed E-state index contributed by atoms with van der Waals surface area (Å²) in [4.78, 5) is 16.8.